The molecular formula is C45H55N5O2. The van der Waals surface area contributed by atoms with Gasteiger partial charge in [-0.05, 0) is 114 Å². The summed E-state index contributed by atoms with van der Waals surface area (Å²) in [6, 6.07) is 35.3. The second kappa shape index (κ2) is 15.8. The number of phenolic OH excluding ortho intramolecular Hbond substituents is 1. The first kappa shape index (κ1) is 34.9. The Morgan fingerprint density at radius 2 is 1.46 bits per heavy atom. The van der Waals surface area contributed by atoms with Crippen LogP contribution < -0.4 is 21.3 Å². The van der Waals surface area contributed by atoms with Crippen LogP contribution in [-0.2, 0) is 6.42 Å². The summed E-state index contributed by atoms with van der Waals surface area (Å²) >= 11 is 0. The number of anilines is 1. The van der Waals surface area contributed by atoms with Gasteiger partial charge >= 0.3 is 0 Å². The van der Waals surface area contributed by atoms with Gasteiger partial charge < -0.3 is 26.4 Å². The molecule has 0 bridgehead atoms. The van der Waals surface area contributed by atoms with E-state index in [1.807, 2.05) is 24.3 Å². The molecule has 0 spiro atoms. The van der Waals surface area contributed by atoms with Crippen LogP contribution in [-0.4, -0.2) is 67.8 Å². The molecule has 7 heteroatoms. The zero-order valence-corrected chi connectivity index (χ0v) is 30.4. The molecule has 2 aliphatic carbocycles. The zero-order chi connectivity index (χ0) is 35.4. The number of carbonyl (C=O) groups is 1. The van der Waals surface area contributed by atoms with Crippen LogP contribution in [0, 0.1) is 11.8 Å². The summed E-state index contributed by atoms with van der Waals surface area (Å²) < 4.78 is 0. The molecule has 272 valence electrons. The van der Waals surface area contributed by atoms with Crippen LogP contribution in [0.3, 0.4) is 0 Å². The van der Waals surface area contributed by atoms with Gasteiger partial charge in [0.2, 0.25) is 5.91 Å². The average Bonchev–Trinajstić information content (AvgIpc) is 3.19. The smallest absolute Gasteiger partial charge is 0.248 e. The number of aromatic hydroxyl groups is 1. The lowest BCUT2D eigenvalue weighted by atomic mass is 9.69. The first-order chi connectivity index (χ1) is 25.5. The fourth-order valence-corrected chi connectivity index (χ4v) is 9.99. The highest BCUT2D eigenvalue weighted by Crippen LogP contribution is 2.47. The Balaban J connectivity index is 0.910. The average molecular weight is 698 g/mol. The minimum Gasteiger partial charge on any atom is -0.508 e. The van der Waals surface area contributed by atoms with Crippen LogP contribution in [0.15, 0.2) is 97.1 Å². The third kappa shape index (κ3) is 7.64. The van der Waals surface area contributed by atoms with Crippen molar-refractivity contribution in [3.05, 3.63) is 130 Å². The first-order valence-corrected chi connectivity index (χ1v) is 19.8. The third-order valence-corrected chi connectivity index (χ3v) is 12.7. The molecule has 0 unspecified atom stereocenters. The molecule has 4 atom stereocenters. The van der Waals surface area contributed by atoms with Gasteiger partial charge in [0, 0.05) is 75.1 Å². The summed E-state index contributed by atoms with van der Waals surface area (Å²) in [5.41, 5.74) is 14.1. The van der Waals surface area contributed by atoms with Crippen LogP contribution in [0.5, 0.6) is 5.75 Å². The second-order valence-electron chi connectivity index (χ2n) is 15.9. The molecule has 2 heterocycles. The van der Waals surface area contributed by atoms with Gasteiger partial charge in [-0.25, -0.2) is 0 Å². The summed E-state index contributed by atoms with van der Waals surface area (Å²) in [5, 5.41) is 17.6. The number of hydrogen-bond donors (Lipinski definition) is 4. The number of nitrogens with zero attached hydrogens (tertiary/aromatic N) is 2. The molecule has 1 amide bonds. The molecular weight excluding hydrogens is 643 g/mol. The van der Waals surface area contributed by atoms with Gasteiger partial charge in [-0.2, -0.15) is 0 Å². The molecule has 8 rings (SSSR count). The zero-order valence-electron chi connectivity index (χ0n) is 30.4. The predicted octanol–water partition coefficient (Wildman–Crippen LogP) is 6.97. The van der Waals surface area contributed by atoms with E-state index in [0.717, 1.165) is 63.9 Å². The highest BCUT2D eigenvalue weighted by molar-refractivity contribution is 5.93. The first-order valence-electron chi connectivity index (χ1n) is 19.8. The molecule has 2 aliphatic heterocycles. The van der Waals surface area contributed by atoms with E-state index >= 15 is 0 Å². The van der Waals surface area contributed by atoms with Crippen molar-refractivity contribution in [2.45, 2.75) is 68.9 Å². The topological polar surface area (TPSA) is 93.9 Å². The fourth-order valence-electron chi connectivity index (χ4n) is 9.99. The van der Waals surface area contributed by atoms with Crippen LogP contribution >= 0.6 is 0 Å². The van der Waals surface area contributed by atoms with E-state index in [9.17, 15) is 9.90 Å². The Kier molecular flexibility index (Phi) is 10.6. The lowest BCUT2D eigenvalue weighted by Crippen LogP contribution is -2.52. The number of piperazine rings is 2. The molecule has 52 heavy (non-hydrogen) atoms. The van der Waals surface area contributed by atoms with E-state index in [0.29, 0.717) is 29.3 Å². The van der Waals surface area contributed by atoms with E-state index in [1.165, 1.54) is 72.2 Å². The number of rotatable bonds is 9. The van der Waals surface area contributed by atoms with Gasteiger partial charge in [0.05, 0.1) is 0 Å². The quantitative estimate of drug-likeness (QED) is 0.151. The SMILES string of the molecule is NC(=O)c1ccc(N2CCNC[C@H]2CC2CCC(CN3CCNC[C@H]3c3ccc([C@@H]4c5ccc(O)cc5CC[C@@H]4c4ccccc4)cc3)CC2)cc1. The van der Waals surface area contributed by atoms with Crippen molar-refractivity contribution in [1.29, 1.82) is 0 Å². The van der Waals surface area contributed by atoms with E-state index in [-0.39, 0.29) is 11.8 Å². The highest BCUT2D eigenvalue weighted by Gasteiger charge is 2.34. The summed E-state index contributed by atoms with van der Waals surface area (Å²) in [4.78, 5) is 16.9. The summed E-state index contributed by atoms with van der Waals surface area (Å²) in [6.07, 6.45) is 8.53. The maximum atomic E-state index is 11.6. The normalized spacial score (nSPS) is 26.8. The maximum absolute atomic E-state index is 11.6. The van der Waals surface area contributed by atoms with E-state index in [1.54, 1.807) is 0 Å². The minimum atomic E-state index is -0.369. The predicted molar refractivity (Wildman–Crippen MR) is 210 cm³/mol. The number of primary amides is 1. The van der Waals surface area contributed by atoms with Crippen LogP contribution in [0.25, 0.3) is 0 Å². The summed E-state index contributed by atoms with van der Waals surface area (Å²) in [5.74, 6) is 2.19. The lowest BCUT2D eigenvalue weighted by molar-refractivity contribution is 0.100. The number of nitrogens with two attached hydrogens (primary N) is 1. The minimum absolute atomic E-state index is 0.274. The van der Waals surface area contributed by atoms with Crippen molar-refractivity contribution in [2.24, 2.45) is 17.6 Å². The Morgan fingerprint density at radius 3 is 2.23 bits per heavy atom. The van der Waals surface area contributed by atoms with Gasteiger partial charge in [0.25, 0.3) is 0 Å². The lowest BCUT2D eigenvalue weighted by Gasteiger charge is -2.42. The second-order valence-corrected chi connectivity index (χ2v) is 15.9. The number of fused-ring (bicyclic) bond motifs is 1. The molecule has 5 N–H and O–H groups in total. The molecule has 4 aromatic rings. The van der Waals surface area contributed by atoms with E-state index in [4.69, 9.17) is 5.73 Å². The van der Waals surface area contributed by atoms with Crippen molar-refractivity contribution >= 4 is 11.6 Å². The summed E-state index contributed by atoms with van der Waals surface area (Å²) in [7, 11) is 0. The number of benzene rings is 4. The van der Waals surface area contributed by atoms with Gasteiger partial charge in [-0.3, -0.25) is 9.69 Å². The Labute approximate surface area is 309 Å². The molecule has 4 aliphatic rings. The largest absolute Gasteiger partial charge is 0.508 e. The van der Waals surface area contributed by atoms with Crippen molar-refractivity contribution in [2.75, 3.05) is 50.7 Å². The van der Waals surface area contributed by atoms with Crippen molar-refractivity contribution in [3.8, 4) is 5.75 Å². The standard InChI is InChI=1S/C45H55N5O2/c46-45(52)36-14-17-38(18-15-36)50-25-23-47-28-39(50)26-31-6-8-32(9-7-31)30-49-24-22-48-29-43(49)34-10-12-35(13-11-34)44-41(33-4-2-1-3-5-33)20-16-37-27-40(51)19-21-42(37)44/h1-5,10-15,17-19,21,27,31-32,39,41,43-44,47-48,51H,6-9,16,20,22-26,28-30H2,(H2,46,52)/t31?,32?,39-,41-,43+,44+/m1/s1. The number of hydrogen-bond acceptors (Lipinski definition) is 6. The molecule has 1 saturated carbocycles. The summed E-state index contributed by atoms with van der Waals surface area (Å²) in [6.45, 7) is 7.33. The maximum Gasteiger partial charge on any atom is 0.248 e. The number of phenols is 1. The number of aryl methyl sites for hydroxylation is 1. The highest BCUT2D eigenvalue weighted by atomic mass is 16.3. The molecule has 2 saturated heterocycles. The Bertz CT molecular complexity index is 1790. The number of carbonyl (C=O) groups excluding carboxylic acids is 1. The number of amides is 1. The van der Waals surface area contributed by atoms with E-state index < -0.39 is 0 Å². The molecule has 3 fully saturated rings. The van der Waals surface area contributed by atoms with Crippen molar-refractivity contribution < 1.29 is 9.90 Å². The molecule has 0 radical (unpaired) electrons. The van der Waals surface area contributed by atoms with Crippen LogP contribution in [0.2, 0.25) is 0 Å². The fraction of sp³-hybridized carbons (Fsp3) is 0.444. The van der Waals surface area contributed by atoms with Crippen LogP contribution in [0.1, 0.15) is 94.6 Å². The van der Waals surface area contributed by atoms with Gasteiger partial charge in [-0.15, -0.1) is 0 Å². The number of nitrogens with one attached hydrogen (secondary N) is 2. The van der Waals surface area contributed by atoms with E-state index in [2.05, 4.69) is 93.2 Å². The van der Waals surface area contributed by atoms with Crippen molar-refractivity contribution in [1.82, 2.24) is 15.5 Å². The van der Waals surface area contributed by atoms with Crippen molar-refractivity contribution in [3.63, 3.8) is 0 Å². The van der Waals surface area contributed by atoms with Gasteiger partial charge in [-0.1, -0.05) is 73.5 Å². The Hall–Kier alpha value is -4.17. The van der Waals surface area contributed by atoms with Gasteiger partial charge in [0.1, 0.15) is 5.75 Å². The third-order valence-electron chi connectivity index (χ3n) is 12.7. The van der Waals surface area contributed by atoms with Crippen LogP contribution in [0.4, 0.5) is 5.69 Å². The molecule has 0 aromatic heterocycles. The molecule has 4 aromatic carbocycles. The Morgan fingerprint density at radius 1 is 0.750 bits per heavy atom. The molecule has 7 nitrogen and oxygen atoms in total. The monoisotopic (exact) mass is 697 g/mol. The van der Waals surface area contributed by atoms with Gasteiger partial charge in [0.15, 0.2) is 0 Å².